The van der Waals surface area contributed by atoms with Gasteiger partial charge in [0.2, 0.25) is 11.8 Å². The zero-order chi connectivity index (χ0) is 21.5. The van der Waals surface area contributed by atoms with Crippen LogP contribution in [0.15, 0.2) is 59.7 Å². The van der Waals surface area contributed by atoms with Gasteiger partial charge in [-0.05, 0) is 31.0 Å². The second-order valence-electron chi connectivity index (χ2n) is 8.50. The molecule has 5 heterocycles. The maximum Gasteiger partial charge on any atom is 0.250 e. The van der Waals surface area contributed by atoms with Gasteiger partial charge >= 0.3 is 0 Å². The van der Waals surface area contributed by atoms with Gasteiger partial charge in [0.05, 0.1) is 22.9 Å². The quantitative estimate of drug-likeness (QED) is 0.450. The molecule has 6 rings (SSSR count). The summed E-state index contributed by atoms with van der Waals surface area (Å²) in [5.74, 6) is 1.15. The molecule has 0 amide bonds. The van der Waals surface area contributed by atoms with Crippen molar-refractivity contribution in [2.75, 3.05) is 0 Å². The Labute approximate surface area is 184 Å². The van der Waals surface area contributed by atoms with E-state index in [9.17, 15) is 0 Å². The second kappa shape index (κ2) is 7.40. The van der Waals surface area contributed by atoms with Crippen molar-refractivity contribution < 1.29 is 4.42 Å². The highest BCUT2D eigenvalue weighted by Gasteiger charge is 2.42. The zero-order valence-electron chi connectivity index (χ0n) is 17.8. The van der Waals surface area contributed by atoms with E-state index in [0.717, 1.165) is 59.1 Å². The number of hydrogen-bond acceptors (Lipinski definition) is 6. The molecule has 5 aromatic rings. The molecule has 0 spiro atoms. The molecule has 160 valence electrons. The fraction of sp³-hybridized carbons (Fsp3) is 0.292. The van der Waals surface area contributed by atoms with Crippen LogP contribution in [0.5, 0.6) is 0 Å². The van der Waals surface area contributed by atoms with Gasteiger partial charge in [0, 0.05) is 48.3 Å². The van der Waals surface area contributed by atoms with E-state index in [4.69, 9.17) is 4.42 Å². The smallest absolute Gasteiger partial charge is 0.250 e. The van der Waals surface area contributed by atoms with Crippen LogP contribution in [-0.4, -0.2) is 34.9 Å². The lowest BCUT2D eigenvalue weighted by Gasteiger charge is -2.33. The summed E-state index contributed by atoms with van der Waals surface area (Å²) in [7, 11) is 1.90. The normalized spacial score (nSPS) is 15.9. The topological polar surface area (TPSA) is 98.3 Å². The molecular weight excluding hydrogens is 402 g/mol. The molecule has 1 saturated carbocycles. The Morgan fingerprint density at radius 1 is 1.03 bits per heavy atom. The molecule has 0 saturated heterocycles. The van der Waals surface area contributed by atoms with Crippen LogP contribution in [0.3, 0.4) is 0 Å². The number of hydrogen-bond donors (Lipinski definition) is 1. The number of aromatic amines is 1. The van der Waals surface area contributed by atoms with Crippen molar-refractivity contribution in [3.05, 3.63) is 66.8 Å². The van der Waals surface area contributed by atoms with Crippen LogP contribution in [0.1, 0.15) is 43.7 Å². The van der Waals surface area contributed by atoms with Gasteiger partial charge in [-0.3, -0.25) is 9.67 Å². The van der Waals surface area contributed by atoms with Gasteiger partial charge in [-0.15, -0.1) is 10.2 Å². The molecule has 0 atom stereocenters. The van der Waals surface area contributed by atoms with Crippen molar-refractivity contribution in [2.45, 2.75) is 37.5 Å². The van der Waals surface area contributed by atoms with Crippen LogP contribution < -0.4 is 0 Å². The first-order chi connectivity index (χ1) is 15.7. The third kappa shape index (κ3) is 3.02. The molecule has 1 N–H and O–H groups in total. The standard InChI is InChI=1S/C24H23N7O/c1-31-15-17(13-28-31)16-11-18-19(14-27-21(18)26-12-16)22-29-30-23(32-22)24(8-4-2-5-9-24)20-7-3-6-10-25-20/h3,6-7,10-15H,2,4-5,8-9H2,1H3,(H,26,27). The van der Waals surface area contributed by atoms with Crippen molar-refractivity contribution in [3.8, 4) is 22.6 Å². The van der Waals surface area contributed by atoms with E-state index < -0.39 is 0 Å². The third-order valence-corrected chi connectivity index (χ3v) is 6.50. The van der Waals surface area contributed by atoms with Gasteiger partial charge in [-0.1, -0.05) is 25.3 Å². The average Bonchev–Trinajstić information content (AvgIpc) is 3.59. The predicted molar refractivity (Wildman–Crippen MR) is 120 cm³/mol. The number of aryl methyl sites for hydroxylation is 1. The predicted octanol–water partition coefficient (Wildman–Crippen LogP) is 4.66. The average molecular weight is 425 g/mol. The summed E-state index contributed by atoms with van der Waals surface area (Å²) in [6.45, 7) is 0. The monoisotopic (exact) mass is 425 g/mol. The molecule has 5 aromatic heterocycles. The fourth-order valence-electron chi connectivity index (χ4n) is 4.81. The SMILES string of the molecule is Cn1cc(-c2cnc3[nH]cc(-c4nnc(C5(c6ccccn6)CCCCC5)o4)c3c2)cn1. The Kier molecular flexibility index (Phi) is 4.38. The summed E-state index contributed by atoms with van der Waals surface area (Å²) in [6, 6.07) is 8.13. The van der Waals surface area contributed by atoms with Gasteiger partial charge < -0.3 is 9.40 Å². The number of pyridine rings is 2. The van der Waals surface area contributed by atoms with Crippen LogP contribution in [0.4, 0.5) is 0 Å². The van der Waals surface area contributed by atoms with E-state index in [0.29, 0.717) is 11.8 Å². The van der Waals surface area contributed by atoms with E-state index in [-0.39, 0.29) is 5.41 Å². The van der Waals surface area contributed by atoms with Crippen molar-refractivity contribution in [2.24, 2.45) is 7.05 Å². The van der Waals surface area contributed by atoms with Crippen molar-refractivity contribution in [3.63, 3.8) is 0 Å². The van der Waals surface area contributed by atoms with E-state index >= 15 is 0 Å². The number of H-pyrrole nitrogens is 1. The summed E-state index contributed by atoms with van der Waals surface area (Å²) in [6.07, 6.45) is 14.8. The summed E-state index contributed by atoms with van der Waals surface area (Å²) in [5.41, 5.74) is 4.32. The molecular formula is C24H23N7O. The lowest BCUT2D eigenvalue weighted by molar-refractivity contribution is 0.276. The summed E-state index contributed by atoms with van der Waals surface area (Å²) < 4.78 is 8.14. The van der Waals surface area contributed by atoms with Crippen LogP contribution in [0.25, 0.3) is 33.6 Å². The summed E-state index contributed by atoms with van der Waals surface area (Å²) >= 11 is 0. The van der Waals surface area contributed by atoms with E-state index in [1.165, 1.54) is 6.42 Å². The molecule has 1 aliphatic rings. The fourth-order valence-corrected chi connectivity index (χ4v) is 4.81. The Morgan fingerprint density at radius 2 is 1.94 bits per heavy atom. The molecule has 1 aliphatic carbocycles. The molecule has 0 bridgehead atoms. The number of rotatable bonds is 4. The van der Waals surface area contributed by atoms with Gasteiger partial charge in [0.25, 0.3) is 0 Å². The minimum Gasteiger partial charge on any atom is -0.420 e. The molecule has 0 unspecified atom stereocenters. The molecule has 32 heavy (non-hydrogen) atoms. The highest BCUT2D eigenvalue weighted by molar-refractivity contribution is 5.93. The highest BCUT2D eigenvalue weighted by Crippen LogP contribution is 2.44. The van der Waals surface area contributed by atoms with Gasteiger partial charge in [0.1, 0.15) is 5.65 Å². The first-order valence-electron chi connectivity index (χ1n) is 10.9. The highest BCUT2D eigenvalue weighted by atomic mass is 16.4. The first kappa shape index (κ1) is 18.9. The van der Waals surface area contributed by atoms with E-state index in [1.807, 2.05) is 50.2 Å². The largest absolute Gasteiger partial charge is 0.420 e. The number of aromatic nitrogens is 7. The third-order valence-electron chi connectivity index (χ3n) is 6.50. The van der Waals surface area contributed by atoms with Gasteiger partial charge in [0.15, 0.2) is 0 Å². The minimum atomic E-state index is -0.323. The molecule has 0 radical (unpaired) electrons. The van der Waals surface area contributed by atoms with Gasteiger partial charge in [-0.25, -0.2) is 4.98 Å². The molecule has 8 nitrogen and oxygen atoms in total. The maximum atomic E-state index is 6.36. The Bertz CT molecular complexity index is 1380. The molecule has 8 heteroatoms. The Hall–Kier alpha value is -3.81. The lowest BCUT2D eigenvalue weighted by atomic mass is 9.71. The first-order valence-corrected chi connectivity index (χ1v) is 10.9. The molecule has 0 aromatic carbocycles. The summed E-state index contributed by atoms with van der Waals surface area (Å²) in [4.78, 5) is 12.5. The molecule has 1 fully saturated rings. The second-order valence-corrected chi connectivity index (χ2v) is 8.50. The van der Waals surface area contributed by atoms with Crippen LogP contribution in [0, 0.1) is 0 Å². The minimum absolute atomic E-state index is 0.323. The van der Waals surface area contributed by atoms with E-state index in [1.54, 1.807) is 4.68 Å². The van der Waals surface area contributed by atoms with Crippen molar-refractivity contribution >= 4 is 11.0 Å². The molecule has 0 aliphatic heterocycles. The summed E-state index contributed by atoms with van der Waals surface area (Å²) in [5, 5.41) is 14.2. The van der Waals surface area contributed by atoms with Crippen LogP contribution in [0.2, 0.25) is 0 Å². The number of fused-ring (bicyclic) bond motifs is 1. The zero-order valence-corrected chi connectivity index (χ0v) is 17.8. The van der Waals surface area contributed by atoms with Gasteiger partial charge in [-0.2, -0.15) is 5.10 Å². The van der Waals surface area contributed by atoms with Crippen molar-refractivity contribution in [1.82, 2.24) is 34.9 Å². The lowest BCUT2D eigenvalue weighted by Crippen LogP contribution is -2.31. The van der Waals surface area contributed by atoms with Crippen LogP contribution >= 0.6 is 0 Å². The van der Waals surface area contributed by atoms with E-state index in [2.05, 4.69) is 42.4 Å². The Morgan fingerprint density at radius 3 is 2.72 bits per heavy atom. The number of nitrogens with one attached hydrogen (secondary N) is 1. The maximum absolute atomic E-state index is 6.36. The van der Waals surface area contributed by atoms with Crippen LogP contribution in [-0.2, 0) is 12.5 Å². The number of nitrogens with zero attached hydrogens (tertiary/aromatic N) is 6. The Balaban J connectivity index is 1.43. The van der Waals surface area contributed by atoms with Crippen molar-refractivity contribution in [1.29, 1.82) is 0 Å².